The van der Waals surface area contributed by atoms with Gasteiger partial charge >= 0.3 is 0 Å². The summed E-state index contributed by atoms with van der Waals surface area (Å²) in [5, 5.41) is 23.9. The monoisotopic (exact) mass is 324 g/mol. The number of halogens is 2. The molecule has 0 amide bonds. The maximum atomic E-state index is 13.1. The molecule has 2 rings (SSSR count). The number of nitro groups is 1. The van der Waals surface area contributed by atoms with E-state index >= 15 is 0 Å². The molecule has 0 radical (unpaired) electrons. The molecule has 0 saturated carbocycles. The molecular formula is C15H14ClFN2O3. The lowest BCUT2D eigenvalue weighted by atomic mass is 10.1. The smallest absolute Gasteiger partial charge is 0.271 e. The third-order valence-corrected chi connectivity index (χ3v) is 3.49. The number of anilines is 1. The maximum Gasteiger partial charge on any atom is 0.271 e. The van der Waals surface area contributed by atoms with Crippen LogP contribution < -0.4 is 5.32 Å². The fourth-order valence-electron chi connectivity index (χ4n) is 2.09. The molecule has 1 atom stereocenters. The Balaban J connectivity index is 2.13. The Labute approximate surface area is 131 Å². The Morgan fingerprint density at radius 1 is 1.41 bits per heavy atom. The van der Waals surface area contributed by atoms with Crippen molar-refractivity contribution in [2.45, 2.75) is 13.0 Å². The normalized spacial score (nSPS) is 12.0. The van der Waals surface area contributed by atoms with Crippen LogP contribution >= 0.6 is 11.6 Å². The van der Waals surface area contributed by atoms with E-state index in [1.54, 1.807) is 13.0 Å². The van der Waals surface area contributed by atoms with E-state index < -0.39 is 16.8 Å². The van der Waals surface area contributed by atoms with E-state index in [0.717, 1.165) is 0 Å². The molecule has 7 heteroatoms. The van der Waals surface area contributed by atoms with Crippen molar-refractivity contribution in [3.8, 4) is 0 Å². The van der Waals surface area contributed by atoms with Crippen molar-refractivity contribution in [2.24, 2.45) is 0 Å². The molecule has 2 aromatic rings. The van der Waals surface area contributed by atoms with Crippen molar-refractivity contribution in [3.63, 3.8) is 0 Å². The van der Waals surface area contributed by atoms with Gasteiger partial charge in [0.15, 0.2) is 0 Å². The lowest BCUT2D eigenvalue weighted by molar-refractivity contribution is -0.384. The van der Waals surface area contributed by atoms with Crippen LogP contribution in [0.3, 0.4) is 0 Å². The van der Waals surface area contributed by atoms with Crippen LogP contribution in [0.5, 0.6) is 0 Å². The Bertz CT molecular complexity index is 686. The number of nitrogens with one attached hydrogen (secondary N) is 1. The van der Waals surface area contributed by atoms with Crippen LogP contribution in [-0.2, 0) is 0 Å². The molecule has 2 N–H and O–H groups in total. The summed E-state index contributed by atoms with van der Waals surface area (Å²) in [4.78, 5) is 10.2. The van der Waals surface area contributed by atoms with E-state index in [-0.39, 0.29) is 17.3 Å². The fourth-order valence-corrected chi connectivity index (χ4v) is 2.41. The third-order valence-electron chi connectivity index (χ3n) is 3.19. The highest BCUT2D eigenvalue weighted by Crippen LogP contribution is 2.31. The molecule has 0 saturated heterocycles. The predicted octanol–water partition coefficient (Wildman–Crippen LogP) is 3.84. The molecule has 1 unspecified atom stereocenters. The van der Waals surface area contributed by atoms with Gasteiger partial charge in [0, 0.05) is 18.7 Å². The summed E-state index contributed by atoms with van der Waals surface area (Å²) < 4.78 is 13.1. The van der Waals surface area contributed by atoms with E-state index in [0.29, 0.717) is 16.8 Å². The molecule has 0 bridgehead atoms. The third kappa shape index (κ3) is 3.72. The first-order valence-corrected chi connectivity index (χ1v) is 6.88. The van der Waals surface area contributed by atoms with Crippen molar-refractivity contribution < 1.29 is 14.4 Å². The van der Waals surface area contributed by atoms with Gasteiger partial charge in [0.25, 0.3) is 5.69 Å². The molecule has 0 aromatic heterocycles. The number of aliphatic hydroxyl groups excluding tert-OH is 1. The second kappa shape index (κ2) is 6.72. The lowest BCUT2D eigenvalue weighted by Crippen LogP contribution is -2.13. The number of aliphatic hydroxyl groups is 1. The zero-order valence-electron chi connectivity index (χ0n) is 11.7. The van der Waals surface area contributed by atoms with Crippen LogP contribution in [0.25, 0.3) is 0 Å². The summed E-state index contributed by atoms with van der Waals surface area (Å²) in [5.74, 6) is -0.430. The molecule has 0 spiro atoms. The number of hydrogen-bond donors (Lipinski definition) is 2. The number of aryl methyl sites for hydroxylation is 1. The molecule has 0 aliphatic carbocycles. The topological polar surface area (TPSA) is 75.4 Å². The van der Waals surface area contributed by atoms with Crippen LogP contribution in [-0.4, -0.2) is 16.6 Å². The van der Waals surface area contributed by atoms with Crippen molar-refractivity contribution in [3.05, 3.63) is 68.5 Å². The van der Waals surface area contributed by atoms with Gasteiger partial charge in [-0.15, -0.1) is 0 Å². The average Bonchev–Trinajstić information content (AvgIpc) is 2.45. The van der Waals surface area contributed by atoms with Gasteiger partial charge in [-0.25, -0.2) is 4.39 Å². The van der Waals surface area contributed by atoms with E-state index in [4.69, 9.17) is 11.6 Å². The fraction of sp³-hybridized carbons (Fsp3) is 0.200. The molecule has 0 aliphatic rings. The second-order valence-corrected chi connectivity index (χ2v) is 5.24. The lowest BCUT2D eigenvalue weighted by Gasteiger charge is -2.16. The number of non-ortho nitro benzene ring substituents is 1. The van der Waals surface area contributed by atoms with Crippen LogP contribution in [0.4, 0.5) is 15.8 Å². The molecule has 116 valence electrons. The minimum atomic E-state index is -0.929. The van der Waals surface area contributed by atoms with Gasteiger partial charge in [-0.3, -0.25) is 10.1 Å². The first-order valence-electron chi connectivity index (χ1n) is 6.50. The van der Waals surface area contributed by atoms with Crippen LogP contribution in [0.15, 0.2) is 36.4 Å². The highest BCUT2D eigenvalue weighted by Gasteiger charge is 2.15. The Kier molecular flexibility index (Phi) is 4.95. The second-order valence-electron chi connectivity index (χ2n) is 4.83. The minimum absolute atomic E-state index is 0.0984. The molecule has 5 nitrogen and oxygen atoms in total. The summed E-state index contributed by atoms with van der Waals surface area (Å²) >= 11 is 6.02. The highest BCUT2D eigenvalue weighted by atomic mass is 35.5. The molecule has 0 heterocycles. The quantitative estimate of drug-likeness (QED) is 0.647. The average molecular weight is 325 g/mol. The Hall–Kier alpha value is -2.18. The summed E-state index contributed by atoms with van der Waals surface area (Å²) in [5.41, 5.74) is 1.43. The Morgan fingerprint density at radius 3 is 2.73 bits per heavy atom. The van der Waals surface area contributed by atoms with E-state index in [1.807, 2.05) is 0 Å². The Morgan fingerprint density at radius 2 is 2.14 bits per heavy atom. The largest absolute Gasteiger partial charge is 0.387 e. The summed E-state index contributed by atoms with van der Waals surface area (Å²) in [7, 11) is 0. The van der Waals surface area contributed by atoms with Gasteiger partial charge in [-0.2, -0.15) is 0 Å². The molecule has 2 aromatic carbocycles. The molecule has 0 aliphatic heterocycles. The van der Waals surface area contributed by atoms with Crippen LogP contribution in [0.2, 0.25) is 5.02 Å². The number of rotatable bonds is 5. The zero-order valence-corrected chi connectivity index (χ0v) is 12.5. The van der Waals surface area contributed by atoms with E-state index in [9.17, 15) is 19.6 Å². The zero-order chi connectivity index (χ0) is 16.3. The number of nitrogens with zero attached hydrogens (tertiary/aromatic N) is 1. The molecule has 0 fully saturated rings. The van der Waals surface area contributed by atoms with Gasteiger partial charge in [0.2, 0.25) is 0 Å². The van der Waals surface area contributed by atoms with Crippen molar-refractivity contribution in [2.75, 3.05) is 11.9 Å². The SMILES string of the molecule is Cc1cc([N+](=O)[O-])cc(Cl)c1NCC(O)c1cccc(F)c1. The number of benzene rings is 2. The standard InChI is InChI=1S/C15H14ClFN2O3/c1-9-5-12(19(21)22)7-13(16)15(9)18-8-14(20)10-3-2-4-11(17)6-10/h2-7,14,18,20H,8H2,1H3. The van der Waals surface area contributed by atoms with Gasteiger partial charge in [-0.1, -0.05) is 23.7 Å². The predicted molar refractivity (Wildman–Crippen MR) is 82.7 cm³/mol. The van der Waals surface area contributed by atoms with Gasteiger partial charge < -0.3 is 10.4 Å². The molecule has 22 heavy (non-hydrogen) atoms. The first kappa shape index (κ1) is 16.2. The van der Waals surface area contributed by atoms with Gasteiger partial charge in [-0.05, 0) is 30.2 Å². The van der Waals surface area contributed by atoms with Crippen LogP contribution in [0, 0.1) is 22.9 Å². The summed E-state index contributed by atoms with van der Waals surface area (Å²) in [6.45, 7) is 1.78. The first-order chi connectivity index (χ1) is 10.4. The highest BCUT2D eigenvalue weighted by molar-refractivity contribution is 6.33. The van der Waals surface area contributed by atoms with E-state index in [1.165, 1.54) is 30.3 Å². The number of hydrogen-bond acceptors (Lipinski definition) is 4. The molecular weight excluding hydrogens is 311 g/mol. The maximum absolute atomic E-state index is 13.1. The minimum Gasteiger partial charge on any atom is -0.387 e. The van der Waals surface area contributed by atoms with Crippen LogP contribution in [0.1, 0.15) is 17.2 Å². The van der Waals surface area contributed by atoms with Crippen molar-refractivity contribution in [1.82, 2.24) is 0 Å². The van der Waals surface area contributed by atoms with Crippen molar-refractivity contribution >= 4 is 23.0 Å². The van der Waals surface area contributed by atoms with Gasteiger partial charge in [0.05, 0.1) is 21.7 Å². The number of nitro benzene ring substituents is 1. The van der Waals surface area contributed by atoms with E-state index in [2.05, 4.69) is 5.32 Å². The summed E-state index contributed by atoms with van der Waals surface area (Å²) in [6.07, 6.45) is -0.929. The summed E-state index contributed by atoms with van der Waals surface area (Å²) in [6, 6.07) is 8.30. The van der Waals surface area contributed by atoms with Gasteiger partial charge in [0.1, 0.15) is 5.82 Å². The van der Waals surface area contributed by atoms with Crippen molar-refractivity contribution in [1.29, 1.82) is 0 Å².